The van der Waals surface area contributed by atoms with Crippen LogP contribution in [0.2, 0.25) is 0 Å². The predicted octanol–water partition coefficient (Wildman–Crippen LogP) is 2.17. The normalized spacial score (nSPS) is 16.8. The molecule has 0 bridgehead atoms. The molecule has 2 N–H and O–H groups in total. The maximum absolute atomic E-state index is 12.6. The molecule has 1 aliphatic rings. The molecule has 26 heavy (non-hydrogen) atoms. The number of hydrogen-bond acceptors (Lipinski definition) is 4. The lowest BCUT2D eigenvalue weighted by Crippen LogP contribution is -2.26. The molecule has 1 atom stereocenters. The van der Waals surface area contributed by atoms with Gasteiger partial charge in [-0.2, -0.15) is 0 Å². The van der Waals surface area contributed by atoms with E-state index in [0.29, 0.717) is 12.5 Å². The summed E-state index contributed by atoms with van der Waals surface area (Å²) in [6.07, 6.45) is 4.66. The molecule has 4 rings (SSSR count). The van der Waals surface area contributed by atoms with Crippen molar-refractivity contribution >= 4 is 11.6 Å². The summed E-state index contributed by atoms with van der Waals surface area (Å²) in [6, 6.07) is 13.8. The van der Waals surface area contributed by atoms with Gasteiger partial charge in [0, 0.05) is 31.3 Å². The quantitative estimate of drug-likeness (QED) is 0.669. The number of carbonyl (C=O) groups excluding carboxylic acids is 1. The Balaban J connectivity index is 1.34. The maximum Gasteiger partial charge on any atom is 0.251 e. The van der Waals surface area contributed by atoms with Gasteiger partial charge in [0.15, 0.2) is 5.65 Å². The molecule has 2 aromatic heterocycles. The van der Waals surface area contributed by atoms with Crippen LogP contribution in [0.4, 0.5) is 0 Å². The standard InChI is InChI=1S/C20H23N5O/c26-20(17-7-2-1-6-16(17)15-10-12-21-14-15)22-11-5-9-19-24-23-18-8-3-4-13-25(18)19/h1-4,6-8,13,15,21H,5,9-12,14H2,(H,22,26)/t15-/m0/s1. The van der Waals surface area contributed by atoms with Crippen LogP contribution in [0.5, 0.6) is 0 Å². The zero-order chi connectivity index (χ0) is 17.8. The number of fused-ring (bicyclic) bond motifs is 1. The van der Waals surface area contributed by atoms with E-state index in [1.807, 2.05) is 47.0 Å². The Kier molecular flexibility index (Phi) is 4.93. The number of pyridine rings is 1. The van der Waals surface area contributed by atoms with E-state index in [0.717, 1.165) is 55.0 Å². The highest BCUT2D eigenvalue weighted by atomic mass is 16.1. The van der Waals surface area contributed by atoms with Crippen LogP contribution in [-0.2, 0) is 6.42 Å². The largest absolute Gasteiger partial charge is 0.352 e. The Morgan fingerprint density at radius 1 is 1.19 bits per heavy atom. The van der Waals surface area contributed by atoms with E-state index in [1.165, 1.54) is 0 Å². The third kappa shape index (κ3) is 3.46. The van der Waals surface area contributed by atoms with Crippen LogP contribution < -0.4 is 10.6 Å². The minimum atomic E-state index is 0.0126. The van der Waals surface area contributed by atoms with Gasteiger partial charge < -0.3 is 10.6 Å². The van der Waals surface area contributed by atoms with Gasteiger partial charge in [-0.25, -0.2) is 0 Å². The van der Waals surface area contributed by atoms with Gasteiger partial charge in [0.2, 0.25) is 0 Å². The second kappa shape index (κ2) is 7.66. The lowest BCUT2D eigenvalue weighted by molar-refractivity contribution is 0.0952. The molecule has 0 radical (unpaired) electrons. The van der Waals surface area contributed by atoms with Crippen molar-refractivity contribution in [3.63, 3.8) is 0 Å². The van der Waals surface area contributed by atoms with Gasteiger partial charge >= 0.3 is 0 Å². The maximum atomic E-state index is 12.6. The number of aryl methyl sites for hydroxylation is 1. The van der Waals surface area contributed by atoms with Gasteiger partial charge in [-0.15, -0.1) is 10.2 Å². The molecule has 3 aromatic rings. The van der Waals surface area contributed by atoms with E-state index in [9.17, 15) is 4.79 Å². The molecule has 1 amide bonds. The summed E-state index contributed by atoms with van der Waals surface area (Å²) in [5, 5.41) is 14.8. The van der Waals surface area contributed by atoms with Crippen molar-refractivity contribution in [1.82, 2.24) is 25.2 Å². The fraction of sp³-hybridized carbons (Fsp3) is 0.350. The average molecular weight is 349 g/mol. The first-order valence-corrected chi connectivity index (χ1v) is 9.19. The molecule has 3 heterocycles. The van der Waals surface area contributed by atoms with E-state index in [4.69, 9.17) is 0 Å². The molecule has 0 spiro atoms. The molecule has 134 valence electrons. The molecule has 0 unspecified atom stereocenters. The lowest BCUT2D eigenvalue weighted by Gasteiger charge is -2.14. The third-order valence-electron chi connectivity index (χ3n) is 4.95. The molecule has 1 saturated heterocycles. The number of nitrogens with one attached hydrogen (secondary N) is 2. The van der Waals surface area contributed by atoms with E-state index >= 15 is 0 Å². The Hall–Kier alpha value is -2.73. The minimum absolute atomic E-state index is 0.0126. The molecule has 6 heteroatoms. The number of carbonyl (C=O) groups is 1. The number of rotatable bonds is 6. The van der Waals surface area contributed by atoms with E-state index in [2.05, 4.69) is 26.9 Å². The first-order chi connectivity index (χ1) is 12.8. The van der Waals surface area contributed by atoms with Crippen LogP contribution >= 0.6 is 0 Å². The zero-order valence-corrected chi connectivity index (χ0v) is 14.7. The van der Waals surface area contributed by atoms with E-state index < -0.39 is 0 Å². The first kappa shape index (κ1) is 16.7. The minimum Gasteiger partial charge on any atom is -0.352 e. The molecular formula is C20H23N5O. The summed E-state index contributed by atoms with van der Waals surface area (Å²) in [4.78, 5) is 12.6. The monoisotopic (exact) mass is 349 g/mol. The highest BCUT2D eigenvalue weighted by Crippen LogP contribution is 2.25. The van der Waals surface area contributed by atoms with Crippen molar-refractivity contribution in [1.29, 1.82) is 0 Å². The Morgan fingerprint density at radius 3 is 2.96 bits per heavy atom. The summed E-state index contributed by atoms with van der Waals surface area (Å²) in [6.45, 7) is 2.59. The Morgan fingerprint density at radius 2 is 2.08 bits per heavy atom. The molecule has 0 aliphatic carbocycles. The molecule has 1 aromatic carbocycles. The molecule has 6 nitrogen and oxygen atoms in total. The number of hydrogen-bond donors (Lipinski definition) is 2. The van der Waals surface area contributed by atoms with Gasteiger partial charge in [-0.1, -0.05) is 24.3 Å². The third-order valence-corrected chi connectivity index (χ3v) is 4.95. The van der Waals surface area contributed by atoms with Crippen molar-refractivity contribution in [3.8, 4) is 0 Å². The summed E-state index contributed by atoms with van der Waals surface area (Å²) >= 11 is 0. The Bertz CT molecular complexity index is 898. The van der Waals surface area contributed by atoms with Crippen LogP contribution in [0.3, 0.4) is 0 Å². The van der Waals surface area contributed by atoms with Gasteiger partial charge in [0.05, 0.1) is 0 Å². The summed E-state index contributed by atoms with van der Waals surface area (Å²) < 4.78 is 1.99. The van der Waals surface area contributed by atoms with Crippen LogP contribution in [-0.4, -0.2) is 40.1 Å². The van der Waals surface area contributed by atoms with Crippen LogP contribution in [0, 0.1) is 0 Å². The topological polar surface area (TPSA) is 71.3 Å². The van der Waals surface area contributed by atoms with Crippen molar-refractivity contribution < 1.29 is 4.79 Å². The lowest BCUT2D eigenvalue weighted by atomic mass is 9.93. The van der Waals surface area contributed by atoms with Gasteiger partial charge in [0.25, 0.3) is 5.91 Å². The number of aromatic nitrogens is 3. The van der Waals surface area contributed by atoms with Crippen molar-refractivity contribution in [2.24, 2.45) is 0 Å². The first-order valence-electron chi connectivity index (χ1n) is 9.19. The smallest absolute Gasteiger partial charge is 0.251 e. The van der Waals surface area contributed by atoms with Gasteiger partial charge in [-0.05, 0) is 49.1 Å². The average Bonchev–Trinajstić information content (AvgIpc) is 3.35. The molecular weight excluding hydrogens is 326 g/mol. The fourth-order valence-corrected chi connectivity index (χ4v) is 3.58. The second-order valence-corrected chi connectivity index (χ2v) is 6.68. The fourth-order valence-electron chi connectivity index (χ4n) is 3.58. The Labute approximate surface area is 152 Å². The summed E-state index contributed by atoms with van der Waals surface area (Å²) in [7, 11) is 0. The van der Waals surface area contributed by atoms with E-state index in [-0.39, 0.29) is 5.91 Å². The number of nitrogens with zero attached hydrogens (tertiary/aromatic N) is 3. The zero-order valence-electron chi connectivity index (χ0n) is 14.7. The van der Waals surface area contributed by atoms with Crippen molar-refractivity contribution in [3.05, 3.63) is 65.6 Å². The summed E-state index contributed by atoms with van der Waals surface area (Å²) in [5.41, 5.74) is 2.80. The van der Waals surface area contributed by atoms with E-state index in [1.54, 1.807) is 0 Å². The van der Waals surface area contributed by atoms with Gasteiger partial charge in [0.1, 0.15) is 5.82 Å². The van der Waals surface area contributed by atoms with Crippen LogP contribution in [0.25, 0.3) is 5.65 Å². The van der Waals surface area contributed by atoms with Crippen molar-refractivity contribution in [2.75, 3.05) is 19.6 Å². The number of amides is 1. The van der Waals surface area contributed by atoms with Crippen LogP contribution in [0.15, 0.2) is 48.7 Å². The summed E-state index contributed by atoms with van der Waals surface area (Å²) in [5.74, 6) is 1.37. The molecule has 0 saturated carbocycles. The van der Waals surface area contributed by atoms with Gasteiger partial charge in [-0.3, -0.25) is 9.20 Å². The SMILES string of the molecule is O=C(NCCCc1nnc2ccccn12)c1ccccc1[C@H]1CCNC1. The molecule has 1 fully saturated rings. The molecule has 1 aliphatic heterocycles. The highest BCUT2D eigenvalue weighted by Gasteiger charge is 2.21. The van der Waals surface area contributed by atoms with Crippen molar-refractivity contribution in [2.45, 2.75) is 25.2 Å². The van der Waals surface area contributed by atoms with Crippen LogP contribution in [0.1, 0.15) is 40.5 Å². The number of benzene rings is 1. The predicted molar refractivity (Wildman–Crippen MR) is 100 cm³/mol. The highest BCUT2D eigenvalue weighted by molar-refractivity contribution is 5.95. The second-order valence-electron chi connectivity index (χ2n) is 6.68.